The second-order valence-electron chi connectivity index (χ2n) is 5.00. The molecule has 24 heavy (non-hydrogen) atoms. The summed E-state index contributed by atoms with van der Waals surface area (Å²) in [6, 6.07) is 10.5. The van der Waals surface area contributed by atoms with Crippen LogP contribution in [-0.4, -0.2) is 23.6 Å². The lowest BCUT2D eigenvalue weighted by Crippen LogP contribution is -2.23. The summed E-state index contributed by atoms with van der Waals surface area (Å²) in [5, 5.41) is 11.2. The molecule has 0 fully saturated rings. The Morgan fingerprint density at radius 1 is 1.21 bits per heavy atom. The predicted molar refractivity (Wildman–Crippen MR) is 90.2 cm³/mol. The summed E-state index contributed by atoms with van der Waals surface area (Å²) in [6.45, 7) is 2.23. The summed E-state index contributed by atoms with van der Waals surface area (Å²) in [6.07, 6.45) is 6.26. The van der Waals surface area contributed by atoms with Gasteiger partial charge in [-0.1, -0.05) is 18.2 Å². The van der Waals surface area contributed by atoms with Gasteiger partial charge in [0.05, 0.1) is 0 Å². The van der Waals surface area contributed by atoms with E-state index in [2.05, 4.69) is 5.32 Å². The highest BCUT2D eigenvalue weighted by Crippen LogP contribution is 2.08. The number of amides is 2. The van der Waals surface area contributed by atoms with Gasteiger partial charge in [-0.15, -0.1) is 0 Å². The zero-order valence-electron chi connectivity index (χ0n) is 13.2. The van der Waals surface area contributed by atoms with Crippen LogP contribution >= 0.6 is 0 Å². The van der Waals surface area contributed by atoms with Gasteiger partial charge in [-0.25, -0.2) is 5.48 Å². The van der Waals surface area contributed by atoms with E-state index in [-0.39, 0.29) is 5.91 Å². The lowest BCUT2D eigenvalue weighted by Gasteiger charge is -2.03. The second-order valence-corrected chi connectivity index (χ2v) is 5.00. The Hall–Kier alpha value is -3.12. The molecule has 2 aromatic rings. The third-order valence-electron chi connectivity index (χ3n) is 3.11. The first-order valence-electron chi connectivity index (χ1n) is 7.32. The number of hydrogen-bond donors (Lipinski definition) is 3. The molecular weight excluding hydrogens is 308 g/mol. The molecule has 2 rings (SSSR count). The third-order valence-corrected chi connectivity index (χ3v) is 3.11. The van der Waals surface area contributed by atoms with Gasteiger partial charge in [0.1, 0.15) is 11.5 Å². The monoisotopic (exact) mass is 326 g/mol. The van der Waals surface area contributed by atoms with Crippen LogP contribution in [0.4, 0.5) is 0 Å². The summed E-state index contributed by atoms with van der Waals surface area (Å²) in [7, 11) is 0. The molecule has 1 heterocycles. The van der Waals surface area contributed by atoms with Crippen molar-refractivity contribution in [3.8, 4) is 0 Å². The van der Waals surface area contributed by atoms with Gasteiger partial charge in [0.25, 0.3) is 11.8 Å². The smallest absolute Gasteiger partial charge is 0.267 e. The van der Waals surface area contributed by atoms with Gasteiger partial charge in [-0.2, -0.15) is 0 Å². The molecule has 0 atom stereocenters. The van der Waals surface area contributed by atoms with Gasteiger partial charge in [-0.05, 0) is 48.9 Å². The zero-order chi connectivity index (χ0) is 17.4. The SMILES string of the molecule is Cc1ccc(C=CCNC(=O)c2cccc(C=CC(=O)NO)c2)o1. The maximum Gasteiger partial charge on any atom is 0.267 e. The molecule has 0 aliphatic carbocycles. The number of rotatable bonds is 6. The van der Waals surface area contributed by atoms with Crippen LogP contribution in [0.15, 0.2) is 53.0 Å². The summed E-state index contributed by atoms with van der Waals surface area (Å²) >= 11 is 0. The van der Waals surface area contributed by atoms with E-state index in [1.54, 1.807) is 36.4 Å². The molecule has 3 N–H and O–H groups in total. The molecule has 0 bridgehead atoms. The molecule has 2 amide bonds. The molecule has 124 valence electrons. The second kappa shape index (κ2) is 8.50. The van der Waals surface area contributed by atoms with E-state index in [9.17, 15) is 9.59 Å². The Bertz CT molecular complexity index is 775. The van der Waals surface area contributed by atoms with Crippen LogP contribution in [0.1, 0.15) is 27.4 Å². The van der Waals surface area contributed by atoms with Crippen molar-refractivity contribution in [2.24, 2.45) is 0 Å². The first-order valence-corrected chi connectivity index (χ1v) is 7.32. The fourth-order valence-electron chi connectivity index (χ4n) is 1.96. The summed E-state index contributed by atoms with van der Waals surface area (Å²) < 4.78 is 5.39. The van der Waals surface area contributed by atoms with Crippen LogP contribution in [0.5, 0.6) is 0 Å². The van der Waals surface area contributed by atoms with Crippen molar-refractivity contribution in [1.82, 2.24) is 10.8 Å². The van der Waals surface area contributed by atoms with E-state index in [4.69, 9.17) is 9.62 Å². The standard InChI is InChI=1S/C18H18N2O4/c1-13-7-9-16(24-13)6-3-11-19-18(22)15-5-2-4-14(12-15)8-10-17(21)20-23/h2-10,12,23H,11H2,1H3,(H,19,22)(H,20,21). The van der Waals surface area contributed by atoms with Crippen LogP contribution in [-0.2, 0) is 4.79 Å². The minimum absolute atomic E-state index is 0.225. The van der Waals surface area contributed by atoms with E-state index < -0.39 is 5.91 Å². The van der Waals surface area contributed by atoms with Crippen LogP contribution in [0, 0.1) is 6.92 Å². The zero-order valence-corrected chi connectivity index (χ0v) is 13.2. The Kier molecular flexibility index (Phi) is 6.10. The number of hydroxylamine groups is 1. The Balaban J connectivity index is 1.91. The van der Waals surface area contributed by atoms with E-state index in [1.807, 2.05) is 19.1 Å². The van der Waals surface area contributed by atoms with Gasteiger partial charge in [0.2, 0.25) is 0 Å². The third kappa shape index (κ3) is 5.26. The van der Waals surface area contributed by atoms with E-state index in [0.717, 1.165) is 11.5 Å². The van der Waals surface area contributed by atoms with E-state index >= 15 is 0 Å². The first-order chi connectivity index (χ1) is 11.6. The average Bonchev–Trinajstić information content (AvgIpc) is 3.02. The highest BCUT2D eigenvalue weighted by Gasteiger charge is 2.04. The molecule has 0 saturated heterocycles. The molecule has 0 spiro atoms. The van der Waals surface area contributed by atoms with Gasteiger partial charge in [-0.3, -0.25) is 14.8 Å². The van der Waals surface area contributed by atoms with Crippen LogP contribution < -0.4 is 10.8 Å². The van der Waals surface area contributed by atoms with Crippen LogP contribution in [0.2, 0.25) is 0 Å². The van der Waals surface area contributed by atoms with Crippen molar-refractivity contribution in [3.63, 3.8) is 0 Å². The molecule has 6 nitrogen and oxygen atoms in total. The number of furan rings is 1. The summed E-state index contributed by atoms with van der Waals surface area (Å²) in [5.41, 5.74) is 2.65. The van der Waals surface area contributed by atoms with Crippen molar-refractivity contribution in [1.29, 1.82) is 0 Å². The fourth-order valence-corrected chi connectivity index (χ4v) is 1.96. The maximum atomic E-state index is 12.1. The lowest BCUT2D eigenvalue weighted by atomic mass is 10.1. The lowest BCUT2D eigenvalue weighted by molar-refractivity contribution is -0.124. The minimum Gasteiger partial charge on any atom is -0.462 e. The number of nitrogens with one attached hydrogen (secondary N) is 2. The van der Waals surface area contributed by atoms with Crippen molar-refractivity contribution < 1.29 is 19.2 Å². The van der Waals surface area contributed by atoms with E-state index in [1.165, 1.54) is 17.6 Å². The molecule has 6 heteroatoms. The number of hydrogen-bond acceptors (Lipinski definition) is 4. The first kappa shape index (κ1) is 17.2. The normalized spacial score (nSPS) is 11.1. The number of carbonyl (C=O) groups is 2. The van der Waals surface area contributed by atoms with Crippen molar-refractivity contribution in [2.75, 3.05) is 6.54 Å². The molecule has 0 unspecified atom stereocenters. The summed E-state index contributed by atoms with van der Waals surface area (Å²) in [4.78, 5) is 23.0. The van der Waals surface area contributed by atoms with Gasteiger partial charge in [0, 0.05) is 18.2 Å². The highest BCUT2D eigenvalue weighted by atomic mass is 16.5. The highest BCUT2D eigenvalue weighted by molar-refractivity contribution is 5.95. The molecule has 0 aliphatic rings. The topological polar surface area (TPSA) is 91.6 Å². The fraction of sp³-hybridized carbons (Fsp3) is 0.111. The Labute approximate surface area is 139 Å². The summed E-state index contributed by atoms with van der Waals surface area (Å²) in [5.74, 6) is 0.703. The molecule has 0 aliphatic heterocycles. The average molecular weight is 326 g/mol. The molecular formula is C18H18N2O4. The number of benzene rings is 1. The van der Waals surface area contributed by atoms with Gasteiger partial charge < -0.3 is 9.73 Å². The van der Waals surface area contributed by atoms with Crippen molar-refractivity contribution >= 4 is 24.0 Å². The van der Waals surface area contributed by atoms with Gasteiger partial charge in [0.15, 0.2) is 0 Å². The molecule has 1 aromatic heterocycles. The van der Waals surface area contributed by atoms with Crippen molar-refractivity contribution in [2.45, 2.75) is 6.92 Å². The minimum atomic E-state index is -0.636. The predicted octanol–water partition coefficient (Wildman–Crippen LogP) is 2.55. The Morgan fingerprint density at radius 2 is 2.04 bits per heavy atom. The molecule has 0 radical (unpaired) electrons. The molecule has 0 saturated carbocycles. The maximum absolute atomic E-state index is 12.1. The number of carbonyl (C=O) groups excluding carboxylic acids is 2. The van der Waals surface area contributed by atoms with Crippen LogP contribution in [0.25, 0.3) is 12.2 Å². The largest absolute Gasteiger partial charge is 0.462 e. The van der Waals surface area contributed by atoms with Crippen molar-refractivity contribution in [3.05, 3.63) is 71.2 Å². The molecule has 1 aromatic carbocycles. The van der Waals surface area contributed by atoms with E-state index in [0.29, 0.717) is 17.7 Å². The van der Waals surface area contributed by atoms with Crippen LogP contribution in [0.3, 0.4) is 0 Å². The Morgan fingerprint density at radius 3 is 2.75 bits per heavy atom. The van der Waals surface area contributed by atoms with Gasteiger partial charge >= 0.3 is 0 Å². The quantitative estimate of drug-likeness (QED) is 0.432. The number of aryl methyl sites for hydroxylation is 1.